The molecule has 0 saturated carbocycles. The van der Waals surface area contributed by atoms with E-state index in [1.807, 2.05) is 36.4 Å². The minimum absolute atomic E-state index is 0.0705. The summed E-state index contributed by atoms with van der Waals surface area (Å²) in [5.74, 6) is -0.262. The highest BCUT2D eigenvalue weighted by atomic mass is 32.2. The molecule has 4 nitrogen and oxygen atoms in total. The molecule has 1 aliphatic heterocycles. The van der Waals surface area contributed by atoms with Crippen LogP contribution < -0.4 is 10.2 Å². The van der Waals surface area contributed by atoms with E-state index in [2.05, 4.69) is 17.4 Å². The molecule has 0 aromatic heterocycles. The van der Waals surface area contributed by atoms with Crippen LogP contribution in [-0.4, -0.2) is 24.1 Å². The van der Waals surface area contributed by atoms with Crippen LogP contribution in [0.25, 0.3) is 0 Å². The van der Waals surface area contributed by atoms with E-state index in [0.29, 0.717) is 23.5 Å². The minimum atomic E-state index is -0.383. The highest BCUT2D eigenvalue weighted by Gasteiger charge is 2.34. The molecule has 1 atom stereocenters. The van der Waals surface area contributed by atoms with E-state index in [9.17, 15) is 14.0 Å². The Bertz CT molecular complexity index is 1090. The predicted molar refractivity (Wildman–Crippen MR) is 127 cm³/mol. The maximum atomic E-state index is 13.7. The van der Waals surface area contributed by atoms with Crippen LogP contribution in [0.15, 0.2) is 78.9 Å². The monoisotopic (exact) mass is 448 g/mol. The standard InChI is InChI=1S/C26H25FN2O2S/c27-22-13-7-14-23(17-22)29-24(30)18-32-26(29)21-12-6-11-20(16-21)25(31)28-15-5-4-10-19-8-2-1-3-9-19/h1-3,6-9,11-14,16-17,26H,4-5,10,15,18H2,(H,28,31). The molecule has 3 aromatic carbocycles. The third kappa shape index (κ3) is 5.37. The van der Waals surface area contributed by atoms with Crippen molar-refractivity contribution in [3.63, 3.8) is 0 Å². The van der Waals surface area contributed by atoms with Gasteiger partial charge in [-0.2, -0.15) is 0 Å². The molecule has 0 spiro atoms. The molecule has 164 valence electrons. The summed E-state index contributed by atoms with van der Waals surface area (Å²) in [6.45, 7) is 0.613. The first kappa shape index (κ1) is 22.1. The molecule has 3 aromatic rings. The lowest BCUT2D eigenvalue weighted by atomic mass is 10.1. The quantitative estimate of drug-likeness (QED) is 0.472. The van der Waals surface area contributed by atoms with Crippen LogP contribution in [-0.2, 0) is 11.2 Å². The Morgan fingerprint density at radius 1 is 1.00 bits per heavy atom. The number of nitrogens with zero attached hydrogens (tertiary/aromatic N) is 1. The fraction of sp³-hybridized carbons (Fsp3) is 0.231. The first-order valence-corrected chi connectivity index (χ1v) is 11.8. The van der Waals surface area contributed by atoms with Crippen LogP contribution >= 0.6 is 11.8 Å². The Morgan fingerprint density at radius 2 is 1.81 bits per heavy atom. The maximum Gasteiger partial charge on any atom is 0.251 e. The van der Waals surface area contributed by atoms with Gasteiger partial charge in [-0.1, -0.05) is 48.5 Å². The zero-order chi connectivity index (χ0) is 22.3. The van der Waals surface area contributed by atoms with Crippen LogP contribution in [0.2, 0.25) is 0 Å². The molecule has 1 N–H and O–H groups in total. The average Bonchev–Trinajstić information content (AvgIpc) is 3.21. The molecule has 1 aliphatic rings. The number of anilines is 1. The largest absolute Gasteiger partial charge is 0.352 e. The van der Waals surface area contributed by atoms with E-state index in [1.165, 1.54) is 29.5 Å². The van der Waals surface area contributed by atoms with Gasteiger partial charge in [0, 0.05) is 17.8 Å². The van der Waals surface area contributed by atoms with Crippen molar-refractivity contribution in [2.24, 2.45) is 0 Å². The topological polar surface area (TPSA) is 49.4 Å². The Kier molecular flexibility index (Phi) is 7.22. The van der Waals surface area contributed by atoms with Crippen molar-refractivity contribution in [1.29, 1.82) is 0 Å². The second-order valence-corrected chi connectivity index (χ2v) is 8.80. The summed E-state index contributed by atoms with van der Waals surface area (Å²) < 4.78 is 13.7. The molecular formula is C26H25FN2O2S. The van der Waals surface area contributed by atoms with Crippen LogP contribution in [0.4, 0.5) is 10.1 Å². The lowest BCUT2D eigenvalue weighted by molar-refractivity contribution is -0.115. The summed E-state index contributed by atoms with van der Waals surface area (Å²) in [5, 5.41) is 2.70. The zero-order valence-corrected chi connectivity index (χ0v) is 18.5. The van der Waals surface area contributed by atoms with Crippen molar-refractivity contribution in [1.82, 2.24) is 5.32 Å². The van der Waals surface area contributed by atoms with E-state index in [-0.39, 0.29) is 23.0 Å². The van der Waals surface area contributed by atoms with E-state index >= 15 is 0 Å². The Labute approximate surface area is 191 Å². The molecule has 1 saturated heterocycles. The van der Waals surface area contributed by atoms with Gasteiger partial charge in [0.2, 0.25) is 5.91 Å². The van der Waals surface area contributed by atoms with Crippen LogP contribution in [0.1, 0.15) is 39.7 Å². The molecule has 1 heterocycles. The molecule has 0 aliphatic carbocycles. The number of benzene rings is 3. The van der Waals surface area contributed by atoms with E-state index in [0.717, 1.165) is 24.8 Å². The number of halogens is 1. The summed E-state index contributed by atoms with van der Waals surface area (Å²) in [6, 6.07) is 23.7. The average molecular weight is 449 g/mol. The number of thioether (sulfide) groups is 1. The van der Waals surface area contributed by atoms with Gasteiger partial charge in [0.1, 0.15) is 11.2 Å². The predicted octanol–water partition coefficient (Wildman–Crippen LogP) is 5.36. The number of aryl methyl sites for hydroxylation is 1. The summed E-state index contributed by atoms with van der Waals surface area (Å²) in [7, 11) is 0. The summed E-state index contributed by atoms with van der Waals surface area (Å²) in [5.41, 5.74) is 3.24. The molecule has 0 radical (unpaired) electrons. The van der Waals surface area contributed by atoms with Crippen LogP contribution in [0.5, 0.6) is 0 Å². The number of carbonyl (C=O) groups is 2. The third-order valence-corrected chi connectivity index (χ3v) is 6.62. The highest BCUT2D eigenvalue weighted by Crippen LogP contribution is 2.42. The third-order valence-electron chi connectivity index (χ3n) is 5.41. The second kappa shape index (κ2) is 10.5. The fourth-order valence-corrected chi connectivity index (χ4v) is 4.98. The van der Waals surface area contributed by atoms with Crippen LogP contribution in [0, 0.1) is 5.82 Å². The van der Waals surface area contributed by atoms with Gasteiger partial charge in [0.25, 0.3) is 5.91 Å². The number of hydrogen-bond donors (Lipinski definition) is 1. The Balaban J connectivity index is 1.37. The molecule has 0 bridgehead atoms. The van der Waals surface area contributed by atoms with Gasteiger partial charge < -0.3 is 5.32 Å². The van der Waals surface area contributed by atoms with Crippen molar-refractivity contribution in [2.75, 3.05) is 17.2 Å². The molecule has 1 fully saturated rings. The van der Waals surface area contributed by atoms with Crippen molar-refractivity contribution in [2.45, 2.75) is 24.6 Å². The highest BCUT2D eigenvalue weighted by molar-refractivity contribution is 8.00. The van der Waals surface area contributed by atoms with E-state index < -0.39 is 0 Å². The number of carbonyl (C=O) groups excluding carboxylic acids is 2. The summed E-state index contributed by atoms with van der Waals surface area (Å²) >= 11 is 1.48. The van der Waals surface area contributed by atoms with Crippen molar-refractivity contribution < 1.29 is 14.0 Å². The van der Waals surface area contributed by atoms with Gasteiger partial charge in [0.05, 0.1) is 5.75 Å². The Hall–Kier alpha value is -3.12. The van der Waals surface area contributed by atoms with Gasteiger partial charge >= 0.3 is 0 Å². The smallest absolute Gasteiger partial charge is 0.251 e. The van der Waals surface area contributed by atoms with E-state index in [4.69, 9.17) is 0 Å². The second-order valence-electron chi connectivity index (χ2n) is 7.73. The van der Waals surface area contributed by atoms with Gasteiger partial charge in [-0.05, 0) is 60.7 Å². The van der Waals surface area contributed by atoms with Gasteiger partial charge in [0.15, 0.2) is 0 Å². The summed E-state index contributed by atoms with van der Waals surface area (Å²) in [6.07, 6.45) is 2.91. The molecular weight excluding hydrogens is 423 g/mol. The molecule has 6 heteroatoms. The van der Waals surface area contributed by atoms with Gasteiger partial charge in [-0.3, -0.25) is 14.5 Å². The molecule has 4 rings (SSSR count). The normalized spacial score (nSPS) is 15.7. The van der Waals surface area contributed by atoms with Crippen molar-refractivity contribution in [3.05, 3.63) is 101 Å². The van der Waals surface area contributed by atoms with Crippen molar-refractivity contribution in [3.8, 4) is 0 Å². The number of nitrogens with one attached hydrogen (secondary N) is 1. The van der Waals surface area contributed by atoms with E-state index in [1.54, 1.807) is 23.1 Å². The molecule has 1 unspecified atom stereocenters. The lowest BCUT2D eigenvalue weighted by Crippen LogP contribution is -2.28. The molecule has 2 amide bonds. The van der Waals surface area contributed by atoms with Gasteiger partial charge in [-0.15, -0.1) is 11.8 Å². The number of hydrogen-bond acceptors (Lipinski definition) is 3. The number of amides is 2. The zero-order valence-electron chi connectivity index (χ0n) is 17.7. The van der Waals surface area contributed by atoms with Crippen LogP contribution in [0.3, 0.4) is 0 Å². The first-order valence-electron chi connectivity index (χ1n) is 10.7. The minimum Gasteiger partial charge on any atom is -0.352 e. The Morgan fingerprint density at radius 3 is 2.62 bits per heavy atom. The number of rotatable bonds is 8. The fourth-order valence-electron chi connectivity index (χ4n) is 3.81. The van der Waals surface area contributed by atoms with Crippen molar-refractivity contribution >= 4 is 29.3 Å². The summed E-state index contributed by atoms with van der Waals surface area (Å²) in [4.78, 5) is 26.8. The maximum absolute atomic E-state index is 13.7. The van der Waals surface area contributed by atoms with Gasteiger partial charge in [-0.25, -0.2) is 4.39 Å². The number of unbranched alkanes of at least 4 members (excludes halogenated alkanes) is 1. The first-order chi connectivity index (χ1) is 15.6. The molecule has 32 heavy (non-hydrogen) atoms. The lowest BCUT2D eigenvalue weighted by Gasteiger charge is -2.24. The SMILES string of the molecule is O=C(NCCCCc1ccccc1)c1cccc(C2SCC(=O)N2c2cccc(F)c2)c1.